The molecule has 0 radical (unpaired) electrons. The van der Waals surface area contributed by atoms with E-state index < -0.39 is 16.4 Å². The van der Waals surface area contributed by atoms with Crippen molar-refractivity contribution in [1.29, 1.82) is 0 Å². The van der Waals surface area contributed by atoms with Crippen LogP contribution >= 0.6 is 0 Å². The second-order valence-corrected chi connectivity index (χ2v) is 17.7. The van der Waals surface area contributed by atoms with Crippen molar-refractivity contribution in [2.45, 2.75) is 51.1 Å². The molecule has 0 amide bonds. The van der Waals surface area contributed by atoms with Gasteiger partial charge in [-0.1, -0.05) is 72.4 Å². The number of allylic oxidation sites excluding steroid dienone is 4. The Kier molecular flexibility index (Phi) is 4.87. The molecule has 1 atom stereocenters. The number of fused-ring (bicyclic) bond motifs is 1. The van der Waals surface area contributed by atoms with Crippen molar-refractivity contribution in [2.75, 3.05) is 6.61 Å². The van der Waals surface area contributed by atoms with Crippen molar-refractivity contribution >= 4 is 22.5 Å². The predicted molar refractivity (Wildman–Crippen MR) is 110 cm³/mol. The summed E-state index contributed by atoms with van der Waals surface area (Å²) in [7, 11) is -2.98. The van der Waals surface area contributed by atoms with Crippen LogP contribution in [-0.2, 0) is 4.43 Å². The van der Waals surface area contributed by atoms with Gasteiger partial charge in [0.25, 0.3) is 0 Å². The lowest BCUT2D eigenvalue weighted by Gasteiger charge is -2.33. The maximum absolute atomic E-state index is 6.11. The highest BCUT2D eigenvalue weighted by Gasteiger charge is 2.39. The zero-order valence-electron chi connectivity index (χ0n) is 15.7. The predicted octanol–water partition coefficient (Wildman–Crippen LogP) is 6.08. The van der Waals surface area contributed by atoms with Gasteiger partial charge in [-0.15, -0.1) is 0 Å². The second kappa shape index (κ2) is 6.62. The molecule has 1 aromatic rings. The zero-order valence-corrected chi connectivity index (χ0v) is 17.7. The van der Waals surface area contributed by atoms with Crippen LogP contribution in [0.3, 0.4) is 0 Å². The lowest BCUT2D eigenvalue weighted by atomic mass is 10.1. The van der Waals surface area contributed by atoms with E-state index in [0.29, 0.717) is 5.54 Å². The zero-order chi connectivity index (χ0) is 17.4. The molecule has 0 aromatic heterocycles. The maximum atomic E-state index is 6.11. The normalized spacial score (nSPS) is 20.1. The molecule has 24 heavy (non-hydrogen) atoms. The number of rotatable bonds is 6. The van der Waals surface area contributed by atoms with E-state index >= 15 is 0 Å². The summed E-state index contributed by atoms with van der Waals surface area (Å²) in [5.74, 6) is 0. The smallest absolute Gasteiger partial charge is 0.183 e. The second-order valence-electron chi connectivity index (χ2n) is 8.51. The minimum Gasteiger partial charge on any atom is -0.417 e. The van der Waals surface area contributed by atoms with Crippen LogP contribution in [-0.4, -0.2) is 23.0 Å². The monoisotopic (exact) mass is 354 g/mol. The fraction of sp³-hybridized carbons (Fsp3) is 0.429. The van der Waals surface area contributed by atoms with Gasteiger partial charge in [0.05, 0.1) is 8.07 Å². The van der Waals surface area contributed by atoms with Crippen LogP contribution in [0.15, 0.2) is 53.3 Å². The summed E-state index contributed by atoms with van der Waals surface area (Å²) in [6.07, 6.45) is 11.7. The quantitative estimate of drug-likeness (QED) is 0.562. The molecule has 0 heterocycles. The molecule has 0 saturated heterocycles. The molecule has 1 aromatic carbocycles. The van der Waals surface area contributed by atoms with Crippen molar-refractivity contribution in [3.63, 3.8) is 0 Å². The van der Waals surface area contributed by atoms with Crippen molar-refractivity contribution in [3.8, 4) is 0 Å². The topological polar surface area (TPSA) is 9.23 Å². The third-order valence-corrected chi connectivity index (χ3v) is 10.5. The molecule has 0 N–H and O–H groups in total. The molecule has 0 saturated carbocycles. The molecule has 128 valence electrons. The number of benzene rings is 1. The largest absolute Gasteiger partial charge is 0.417 e. The fourth-order valence-electron chi connectivity index (χ4n) is 4.00. The molecule has 0 aliphatic heterocycles. The maximum Gasteiger partial charge on any atom is 0.183 e. The minimum atomic E-state index is -1.56. The van der Waals surface area contributed by atoms with E-state index in [9.17, 15) is 0 Å². The van der Waals surface area contributed by atoms with E-state index in [2.05, 4.69) is 81.3 Å². The Morgan fingerprint density at radius 2 is 1.79 bits per heavy atom. The molecular formula is C21H30OSi2. The first-order chi connectivity index (χ1) is 11.3. The van der Waals surface area contributed by atoms with E-state index in [-0.39, 0.29) is 0 Å². The van der Waals surface area contributed by atoms with E-state index in [1.807, 2.05) is 0 Å². The van der Waals surface area contributed by atoms with Crippen LogP contribution in [0.2, 0.25) is 32.7 Å². The Morgan fingerprint density at radius 3 is 2.54 bits per heavy atom. The van der Waals surface area contributed by atoms with Gasteiger partial charge in [0.15, 0.2) is 8.32 Å². The van der Waals surface area contributed by atoms with Crippen LogP contribution in [0.5, 0.6) is 0 Å². The molecule has 2 aliphatic carbocycles. The first-order valence-corrected chi connectivity index (χ1v) is 15.6. The van der Waals surface area contributed by atoms with E-state index in [0.717, 1.165) is 19.4 Å². The summed E-state index contributed by atoms with van der Waals surface area (Å²) in [5, 5.41) is 1.73. The molecule has 1 unspecified atom stereocenters. The molecule has 3 rings (SSSR count). The average Bonchev–Trinajstić information content (AvgIpc) is 3.12. The van der Waals surface area contributed by atoms with Gasteiger partial charge >= 0.3 is 0 Å². The van der Waals surface area contributed by atoms with Crippen molar-refractivity contribution in [3.05, 3.63) is 64.4 Å². The summed E-state index contributed by atoms with van der Waals surface area (Å²) in [5.41, 5.74) is 5.11. The van der Waals surface area contributed by atoms with Crippen molar-refractivity contribution in [2.24, 2.45) is 0 Å². The van der Waals surface area contributed by atoms with Gasteiger partial charge in [-0.3, -0.25) is 0 Å². The van der Waals surface area contributed by atoms with E-state index in [1.165, 1.54) is 11.1 Å². The highest BCUT2D eigenvalue weighted by Crippen LogP contribution is 2.43. The molecule has 1 nitrogen and oxygen atoms in total. The van der Waals surface area contributed by atoms with Crippen LogP contribution in [0, 0.1) is 0 Å². The van der Waals surface area contributed by atoms with Gasteiger partial charge in [-0.25, -0.2) is 0 Å². The molecule has 0 fully saturated rings. The van der Waals surface area contributed by atoms with Crippen LogP contribution < -0.4 is 0 Å². The van der Waals surface area contributed by atoms with Crippen molar-refractivity contribution < 1.29 is 4.43 Å². The van der Waals surface area contributed by atoms with Gasteiger partial charge in [0, 0.05) is 12.1 Å². The molecule has 0 spiro atoms. The van der Waals surface area contributed by atoms with Gasteiger partial charge in [-0.2, -0.15) is 0 Å². The molecule has 2 aliphatic rings. The minimum absolute atomic E-state index is 0.608. The first kappa shape index (κ1) is 17.7. The Bertz CT molecular complexity index is 705. The Balaban J connectivity index is 1.81. The lowest BCUT2D eigenvalue weighted by molar-refractivity contribution is 0.316. The molecule has 3 heteroatoms. The van der Waals surface area contributed by atoms with Gasteiger partial charge < -0.3 is 4.43 Å². The van der Waals surface area contributed by atoms with E-state index in [1.54, 1.807) is 10.8 Å². The summed E-state index contributed by atoms with van der Waals surface area (Å²) in [6.45, 7) is 12.8. The fourth-order valence-corrected chi connectivity index (χ4v) is 8.38. The summed E-state index contributed by atoms with van der Waals surface area (Å²) >= 11 is 0. The first-order valence-electron chi connectivity index (χ1n) is 9.09. The summed E-state index contributed by atoms with van der Waals surface area (Å²) < 4.78 is 6.11. The standard InChI is InChI=1S/C21H30OSi2/c1-23(2,3)22-16-15-18-10-8-12-20(18)24(4,5)21-14-13-17-9-6-7-11-19(17)21/h6-11,13-14,21H,12,15-16H2,1-5H3. The Labute approximate surface area is 149 Å². The average molecular weight is 355 g/mol. The summed E-state index contributed by atoms with van der Waals surface area (Å²) in [6, 6.07) is 8.91. The number of hydrogen-bond donors (Lipinski definition) is 0. The van der Waals surface area contributed by atoms with Gasteiger partial charge in [0.2, 0.25) is 0 Å². The third-order valence-electron chi connectivity index (χ3n) is 5.29. The highest BCUT2D eigenvalue weighted by molar-refractivity contribution is 6.86. The Morgan fingerprint density at radius 1 is 1.04 bits per heavy atom. The van der Waals surface area contributed by atoms with Crippen molar-refractivity contribution in [1.82, 2.24) is 0 Å². The molecular weight excluding hydrogens is 324 g/mol. The van der Waals surface area contributed by atoms with Gasteiger partial charge in [-0.05, 0) is 43.6 Å². The van der Waals surface area contributed by atoms with Gasteiger partial charge in [0.1, 0.15) is 0 Å². The SMILES string of the molecule is C[Si](C)(C)OCCC1=C([Si](C)(C)C2C=Cc3ccccc32)CC=C1. The molecule has 0 bridgehead atoms. The Hall–Kier alpha value is -1.17. The number of hydrogen-bond acceptors (Lipinski definition) is 1. The van der Waals surface area contributed by atoms with Crippen LogP contribution in [0.25, 0.3) is 6.08 Å². The third kappa shape index (κ3) is 3.58. The highest BCUT2D eigenvalue weighted by atomic mass is 28.4. The lowest BCUT2D eigenvalue weighted by Crippen LogP contribution is -2.36. The van der Waals surface area contributed by atoms with E-state index in [4.69, 9.17) is 4.43 Å². The van der Waals surface area contributed by atoms with Crippen LogP contribution in [0.4, 0.5) is 0 Å². The van der Waals surface area contributed by atoms with Crippen LogP contribution in [0.1, 0.15) is 29.5 Å². The summed E-state index contributed by atoms with van der Waals surface area (Å²) in [4.78, 5) is 0.